The molecule has 88 valence electrons. The molecule has 1 amide bonds. The second-order valence-electron chi connectivity index (χ2n) is 3.06. The van der Waals surface area contributed by atoms with Crippen LogP contribution in [0.2, 0.25) is 20.1 Å². The Morgan fingerprint density at radius 3 is 2.19 bits per heavy atom. The van der Waals surface area contributed by atoms with E-state index >= 15 is 0 Å². The summed E-state index contributed by atoms with van der Waals surface area (Å²) in [7, 11) is 3.06. The Labute approximate surface area is 113 Å². The van der Waals surface area contributed by atoms with Gasteiger partial charge in [0.15, 0.2) is 5.75 Å². The van der Waals surface area contributed by atoms with Gasteiger partial charge in [0.25, 0.3) is 0 Å². The SMILES string of the molecule is CN(C)C(=O)Oc1c(Cl)cc(Cl)c(Cl)c1Cl. The zero-order chi connectivity index (χ0) is 12.5. The van der Waals surface area contributed by atoms with E-state index in [1.807, 2.05) is 0 Å². The third kappa shape index (κ3) is 2.86. The van der Waals surface area contributed by atoms with E-state index in [-0.39, 0.29) is 25.8 Å². The second-order valence-corrected chi connectivity index (χ2v) is 4.63. The summed E-state index contributed by atoms with van der Waals surface area (Å²) in [6, 6.07) is 1.36. The molecule has 0 radical (unpaired) electrons. The Morgan fingerprint density at radius 1 is 1.12 bits per heavy atom. The van der Waals surface area contributed by atoms with E-state index < -0.39 is 6.09 Å². The summed E-state index contributed by atoms with van der Waals surface area (Å²) in [6.45, 7) is 0. The molecule has 0 N–H and O–H groups in total. The molecular formula is C9H7Cl4NO2. The minimum Gasteiger partial charge on any atom is -0.407 e. The molecule has 3 nitrogen and oxygen atoms in total. The first-order chi connectivity index (χ1) is 7.34. The lowest BCUT2D eigenvalue weighted by atomic mass is 10.3. The minimum atomic E-state index is -0.609. The van der Waals surface area contributed by atoms with Crippen molar-refractivity contribution in [2.75, 3.05) is 14.1 Å². The van der Waals surface area contributed by atoms with Crippen molar-refractivity contribution in [1.29, 1.82) is 0 Å². The molecule has 1 rings (SSSR count). The Hall–Kier alpha value is -0.350. The van der Waals surface area contributed by atoms with Crippen molar-refractivity contribution in [2.45, 2.75) is 0 Å². The van der Waals surface area contributed by atoms with Crippen molar-refractivity contribution in [3.05, 3.63) is 26.2 Å². The van der Waals surface area contributed by atoms with Gasteiger partial charge in [0.2, 0.25) is 0 Å². The van der Waals surface area contributed by atoms with E-state index in [2.05, 4.69) is 0 Å². The van der Waals surface area contributed by atoms with E-state index in [1.54, 1.807) is 0 Å². The van der Waals surface area contributed by atoms with Gasteiger partial charge in [-0.25, -0.2) is 4.79 Å². The van der Waals surface area contributed by atoms with Gasteiger partial charge in [0.1, 0.15) is 5.02 Å². The van der Waals surface area contributed by atoms with E-state index in [9.17, 15) is 4.79 Å². The van der Waals surface area contributed by atoms with Crippen molar-refractivity contribution in [2.24, 2.45) is 0 Å². The molecule has 16 heavy (non-hydrogen) atoms. The Morgan fingerprint density at radius 2 is 1.69 bits per heavy atom. The number of carbonyl (C=O) groups is 1. The topological polar surface area (TPSA) is 29.5 Å². The number of nitrogens with zero attached hydrogens (tertiary/aromatic N) is 1. The average molecular weight is 303 g/mol. The van der Waals surface area contributed by atoms with Crippen LogP contribution in [0.15, 0.2) is 6.07 Å². The second kappa shape index (κ2) is 5.32. The van der Waals surface area contributed by atoms with Crippen molar-refractivity contribution in [3.63, 3.8) is 0 Å². The highest BCUT2D eigenvalue weighted by atomic mass is 35.5. The summed E-state index contributed by atoms with van der Waals surface area (Å²) in [5.41, 5.74) is 0. The first-order valence-corrected chi connectivity index (χ1v) is 5.58. The summed E-state index contributed by atoms with van der Waals surface area (Å²) in [4.78, 5) is 12.6. The van der Waals surface area contributed by atoms with Gasteiger partial charge in [0.05, 0.1) is 15.1 Å². The molecule has 0 saturated heterocycles. The van der Waals surface area contributed by atoms with Crippen LogP contribution in [0.5, 0.6) is 5.75 Å². The number of ether oxygens (including phenoxy) is 1. The van der Waals surface area contributed by atoms with Crippen LogP contribution in [0.1, 0.15) is 0 Å². The number of benzene rings is 1. The summed E-state index contributed by atoms with van der Waals surface area (Å²) >= 11 is 23.2. The Balaban J connectivity index is 3.15. The van der Waals surface area contributed by atoms with Crippen LogP contribution >= 0.6 is 46.4 Å². The predicted octanol–water partition coefficient (Wildman–Crippen LogP) is 4.36. The number of hydrogen-bond acceptors (Lipinski definition) is 2. The van der Waals surface area contributed by atoms with Gasteiger partial charge in [-0.2, -0.15) is 0 Å². The molecule has 0 bridgehead atoms. The molecule has 0 atom stereocenters. The largest absolute Gasteiger partial charge is 0.414 e. The van der Waals surface area contributed by atoms with Crippen LogP contribution in [-0.2, 0) is 0 Å². The summed E-state index contributed by atoms with van der Waals surface area (Å²) in [5.74, 6) is -0.00330. The van der Waals surface area contributed by atoms with Gasteiger partial charge in [-0.3, -0.25) is 0 Å². The maximum atomic E-state index is 11.3. The molecule has 0 unspecified atom stereocenters. The quantitative estimate of drug-likeness (QED) is 0.570. The Kier molecular flexibility index (Phi) is 4.56. The first kappa shape index (κ1) is 13.7. The molecule has 0 saturated carbocycles. The molecule has 0 aliphatic rings. The molecule has 1 aromatic rings. The Bertz CT molecular complexity index is 434. The highest BCUT2D eigenvalue weighted by Gasteiger charge is 2.18. The fourth-order valence-electron chi connectivity index (χ4n) is 0.822. The van der Waals surface area contributed by atoms with Gasteiger partial charge in [-0.1, -0.05) is 46.4 Å². The highest BCUT2D eigenvalue weighted by Crippen LogP contribution is 2.42. The zero-order valence-electron chi connectivity index (χ0n) is 8.35. The lowest BCUT2D eigenvalue weighted by molar-refractivity contribution is 0.172. The van der Waals surface area contributed by atoms with E-state index in [4.69, 9.17) is 51.1 Å². The predicted molar refractivity (Wildman–Crippen MR) is 66.2 cm³/mol. The van der Waals surface area contributed by atoms with Gasteiger partial charge in [-0.15, -0.1) is 0 Å². The molecule has 0 heterocycles. The van der Waals surface area contributed by atoms with Crippen LogP contribution in [0, 0.1) is 0 Å². The molecule has 7 heteroatoms. The van der Waals surface area contributed by atoms with E-state index in [0.29, 0.717) is 0 Å². The smallest absolute Gasteiger partial charge is 0.407 e. The number of amides is 1. The van der Waals surface area contributed by atoms with Crippen molar-refractivity contribution in [1.82, 2.24) is 4.90 Å². The molecule has 0 aromatic heterocycles. The maximum Gasteiger partial charge on any atom is 0.414 e. The minimum absolute atomic E-state index is 0.00330. The zero-order valence-corrected chi connectivity index (χ0v) is 11.4. The molecule has 0 aliphatic carbocycles. The first-order valence-electron chi connectivity index (χ1n) is 4.06. The highest BCUT2D eigenvalue weighted by molar-refractivity contribution is 6.50. The number of carbonyl (C=O) groups excluding carboxylic acids is 1. The van der Waals surface area contributed by atoms with Crippen LogP contribution in [-0.4, -0.2) is 25.1 Å². The van der Waals surface area contributed by atoms with Crippen LogP contribution in [0.25, 0.3) is 0 Å². The van der Waals surface area contributed by atoms with Gasteiger partial charge in [0, 0.05) is 14.1 Å². The number of rotatable bonds is 1. The molecule has 0 aliphatic heterocycles. The summed E-state index contributed by atoms with van der Waals surface area (Å²) in [5, 5.41) is 0.416. The van der Waals surface area contributed by atoms with Gasteiger partial charge >= 0.3 is 6.09 Å². The van der Waals surface area contributed by atoms with E-state index in [1.165, 1.54) is 25.1 Å². The van der Waals surface area contributed by atoms with E-state index in [0.717, 1.165) is 0 Å². The van der Waals surface area contributed by atoms with Crippen LogP contribution in [0.4, 0.5) is 4.79 Å². The van der Waals surface area contributed by atoms with Crippen molar-refractivity contribution < 1.29 is 9.53 Å². The molecule has 1 aromatic carbocycles. The maximum absolute atomic E-state index is 11.3. The standard InChI is InChI=1S/C9H7Cl4NO2/c1-14(2)9(15)16-8-5(11)3-4(10)6(12)7(8)13/h3H,1-2H3. The monoisotopic (exact) mass is 301 g/mol. The lowest BCUT2D eigenvalue weighted by Crippen LogP contribution is -2.25. The van der Waals surface area contributed by atoms with Crippen LogP contribution < -0.4 is 4.74 Å². The van der Waals surface area contributed by atoms with Gasteiger partial charge in [-0.05, 0) is 6.07 Å². The van der Waals surface area contributed by atoms with Crippen molar-refractivity contribution >= 4 is 52.5 Å². The summed E-state index contributed by atoms with van der Waals surface area (Å²) < 4.78 is 4.95. The molecule has 0 fully saturated rings. The van der Waals surface area contributed by atoms with Gasteiger partial charge < -0.3 is 9.64 Å². The number of halogens is 4. The summed E-state index contributed by atoms with van der Waals surface area (Å²) in [6.07, 6.45) is -0.609. The fraction of sp³-hybridized carbons (Fsp3) is 0.222. The average Bonchev–Trinajstić information content (AvgIpc) is 2.20. The third-order valence-corrected chi connectivity index (χ3v) is 3.15. The normalized spacial score (nSPS) is 10.1. The molecule has 0 spiro atoms. The third-order valence-electron chi connectivity index (χ3n) is 1.63. The fourth-order valence-corrected chi connectivity index (χ4v) is 1.80. The number of hydrogen-bond donors (Lipinski definition) is 0. The molecular weight excluding hydrogens is 296 g/mol. The lowest BCUT2D eigenvalue weighted by Gasteiger charge is -2.13. The van der Waals surface area contributed by atoms with Crippen molar-refractivity contribution in [3.8, 4) is 5.75 Å². The van der Waals surface area contributed by atoms with Crippen LogP contribution in [0.3, 0.4) is 0 Å².